The molecule has 1 aromatic heterocycles. The summed E-state index contributed by atoms with van der Waals surface area (Å²) in [6, 6.07) is 15.5. The van der Waals surface area contributed by atoms with Gasteiger partial charge in [-0.05, 0) is 43.5 Å². The van der Waals surface area contributed by atoms with E-state index in [0.29, 0.717) is 5.56 Å². The molecule has 4 rings (SSSR count). The molecule has 1 atom stereocenters. The van der Waals surface area contributed by atoms with Gasteiger partial charge in [-0.1, -0.05) is 43.2 Å². The summed E-state index contributed by atoms with van der Waals surface area (Å²) in [4.78, 5) is 27.9. The fourth-order valence-electron chi connectivity index (χ4n) is 3.90. The molecule has 2 aromatic carbocycles. The smallest absolute Gasteiger partial charge is 0.326 e. The van der Waals surface area contributed by atoms with Crippen molar-refractivity contribution in [2.75, 3.05) is 0 Å². The molecule has 1 aliphatic carbocycles. The second kappa shape index (κ2) is 6.83. The van der Waals surface area contributed by atoms with Crippen LogP contribution in [0.3, 0.4) is 0 Å². The topological polar surface area (TPSA) is 66.9 Å². The molecule has 1 fully saturated rings. The molecule has 0 radical (unpaired) electrons. The molecule has 2 N–H and O–H groups in total. The van der Waals surface area contributed by atoms with E-state index in [4.69, 9.17) is 0 Å². The Morgan fingerprint density at radius 3 is 2.62 bits per heavy atom. The Kier molecular flexibility index (Phi) is 4.37. The molecule has 134 valence electrons. The van der Waals surface area contributed by atoms with Crippen LogP contribution in [0.25, 0.3) is 11.0 Å². The van der Waals surface area contributed by atoms with Crippen molar-refractivity contribution in [2.24, 2.45) is 0 Å². The summed E-state index contributed by atoms with van der Waals surface area (Å²) < 4.78 is 1.86. The molecule has 0 bridgehead atoms. The van der Waals surface area contributed by atoms with Crippen LogP contribution in [0.4, 0.5) is 0 Å². The van der Waals surface area contributed by atoms with Gasteiger partial charge in [0.1, 0.15) is 0 Å². The van der Waals surface area contributed by atoms with Gasteiger partial charge in [0.25, 0.3) is 5.91 Å². The second-order valence-electron chi connectivity index (χ2n) is 7.08. The number of carbonyl (C=O) groups excluding carboxylic acids is 1. The van der Waals surface area contributed by atoms with Gasteiger partial charge in [0.2, 0.25) is 0 Å². The van der Waals surface area contributed by atoms with E-state index in [1.54, 1.807) is 12.1 Å². The maximum absolute atomic E-state index is 12.6. The summed E-state index contributed by atoms with van der Waals surface area (Å²) in [7, 11) is 0. The Hall–Kier alpha value is -2.82. The number of carbonyl (C=O) groups is 1. The number of nitrogens with zero attached hydrogens (tertiary/aromatic N) is 1. The molecule has 5 heteroatoms. The standard InChI is InChI=1S/C21H23N3O2/c1-14(15-7-3-2-4-8-15)22-20(25)16-11-12-19-18(13-16)23-21(26)24(19)17-9-5-6-10-17/h2-4,7-8,11-14,17H,5-6,9-10H2,1H3,(H,22,25)(H,23,26). The Bertz CT molecular complexity index is 981. The molecule has 0 saturated heterocycles. The van der Waals surface area contributed by atoms with Gasteiger partial charge in [-0.15, -0.1) is 0 Å². The first kappa shape index (κ1) is 16.6. The zero-order valence-electron chi connectivity index (χ0n) is 14.9. The molecule has 1 saturated carbocycles. The largest absolute Gasteiger partial charge is 0.346 e. The normalized spacial score (nSPS) is 16.0. The molecule has 26 heavy (non-hydrogen) atoms. The summed E-state index contributed by atoms with van der Waals surface area (Å²) in [5.74, 6) is -0.141. The summed E-state index contributed by atoms with van der Waals surface area (Å²) in [5.41, 5.74) is 3.14. The Balaban J connectivity index is 1.59. The molecule has 5 nitrogen and oxygen atoms in total. The lowest BCUT2D eigenvalue weighted by molar-refractivity contribution is 0.0940. The number of amides is 1. The van der Waals surface area contributed by atoms with Crippen molar-refractivity contribution in [3.63, 3.8) is 0 Å². The lowest BCUT2D eigenvalue weighted by atomic mass is 10.1. The van der Waals surface area contributed by atoms with Crippen LogP contribution < -0.4 is 11.0 Å². The number of rotatable bonds is 4. The van der Waals surface area contributed by atoms with E-state index < -0.39 is 0 Å². The number of aromatic nitrogens is 2. The van der Waals surface area contributed by atoms with Gasteiger partial charge in [0, 0.05) is 11.6 Å². The summed E-state index contributed by atoms with van der Waals surface area (Å²) in [6.07, 6.45) is 4.43. The van der Waals surface area contributed by atoms with Crippen molar-refractivity contribution in [3.8, 4) is 0 Å². The zero-order chi connectivity index (χ0) is 18.1. The Labute approximate surface area is 152 Å². The first-order valence-electron chi connectivity index (χ1n) is 9.23. The van der Waals surface area contributed by atoms with Crippen LogP contribution >= 0.6 is 0 Å². The highest BCUT2D eigenvalue weighted by Gasteiger charge is 2.21. The van der Waals surface area contributed by atoms with Crippen LogP contribution in [0.5, 0.6) is 0 Å². The number of nitrogens with one attached hydrogen (secondary N) is 2. The number of benzene rings is 2. The average Bonchev–Trinajstić information content (AvgIpc) is 3.28. The highest BCUT2D eigenvalue weighted by Crippen LogP contribution is 2.30. The maximum atomic E-state index is 12.6. The lowest BCUT2D eigenvalue weighted by Crippen LogP contribution is -2.26. The van der Waals surface area contributed by atoms with Crippen molar-refractivity contribution in [1.82, 2.24) is 14.9 Å². The number of imidazole rings is 1. The second-order valence-corrected chi connectivity index (χ2v) is 7.08. The van der Waals surface area contributed by atoms with Crippen LogP contribution in [0, 0.1) is 0 Å². The highest BCUT2D eigenvalue weighted by molar-refractivity contribution is 5.97. The third-order valence-corrected chi connectivity index (χ3v) is 5.32. The molecule has 1 heterocycles. The molecule has 0 spiro atoms. The fraction of sp³-hybridized carbons (Fsp3) is 0.333. The summed E-state index contributed by atoms with van der Waals surface area (Å²) in [5, 5.41) is 3.02. The first-order chi connectivity index (χ1) is 12.6. The highest BCUT2D eigenvalue weighted by atomic mass is 16.2. The quantitative estimate of drug-likeness (QED) is 0.749. The van der Waals surface area contributed by atoms with Gasteiger partial charge < -0.3 is 10.3 Å². The third-order valence-electron chi connectivity index (χ3n) is 5.32. The van der Waals surface area contributed by atoms with Crippen molar-refractivity contribution in [3.05, 3.63) is 70.1 Å². The number of fused-ring (bicyclic) bond motifs is 1. The summed E-state index contributed by atoms with van der Waals surface area (Å²) >= 11 is 0. The van der Waals surface area contributed by atoms with Crippen LogP contribution in [-0.2, 0) is 0 Å². The van der Waals surface area contributed by atoms with E-state index in [0.717, 1.165) is 29.4 Å². The molecule has 3 aromatic rings. The summed E-state index contributed by atoms with van der Waals surface area (Å²) in [6.45, 7) is 1.96. The van der Waals surface area contributed by atoms with Gasteiger partial charge >= 0.3 is 5.69 Å². The monoisotopic (exact) mass is 349 g/mol. The van der Waals surface area contributed by atoms with Crippen LogP contribution in [0.1, 0.15) is 60.6 Å². The van der Waals surface area contributed by atoms with Crippen molar-refractivity contribution >= 4 is 16.9 Å². The van der Waals surface area contributed by atoms with Gasteiger partial charge in [0.15, 0.2) is 0 Å². The zero-order valence-corrected chi connectivity index (χ0v) is 14.9. The SMILES string of the molecule is CC(NC(=O)c1ccc2c(c1)[nH]c(=O)n2C1CCCC1)c1ccccc1. The number of hydrogen-bond acceptors (Lipinski definition) is 2. The predicted octanol–water partition coefficient (Wildman–Crippen LogP) is 3.94. The fourth-order valence-corrected chi connectivity index (χ4v) is 3.90. The molecule has 0 aliphatic heterocycles. The molecular formula is C21H23N3O2. The predicted molar refractivity (Wildman–Crippen MR) is 102 cm³/mol. The number of H-pyrrole nitrogens is 1. The first-order valence-corrected chi connectivity index (χ1v) is 9.23. The Morgan fingerprint density at radius 2 is 1.88 bits per heavy atom. The molecule has 1 unspecified atom stereocenters. The minimum atomic E-state index is -0.141. The molecule has 1 aliphatic rings. The minimum absolute atomic E-state index is 0.0814. The average molecular weight is 349 g/mol. The van der Waals surface area contributed by atoms with E-state index >= 15 is 0 Å². The van der Waals surface area contributed by atoms with E-state index in [2.05, 4.69) is 10.3 Å². The van der Waals surface area contributed by atoms with E-state index in [9.17, 15) is 9.59 Å². The van der Waals surface area contributed by atoms with Crippen LogP contribution in [0.15, 0.2) is 53.3 Å². The van der Waals surface area contributed by atoms with Crippen molar-refractivity contribution in [1.29, 1.82) is 0 Å². The van der Waals surface area contributed by atoms with Gasteiger partial charge in [-0.3, -0.25) is 9.36 Å². The number of hydrogen-bond donors (Lipinski definition) is 2. The molecular weight excluding hydrogens is 326 g/mol. The van der Waals surface area contributed by atoms with Gasteiger partial charge in [-0.2, -0.15) is 0 Å². The lowest BCUT2D eigenvalue weighted by Gasteiger charge is -2.14. The minimum Gasteiger partial charge on any atom is -0.346 e. The van der Waals surface area contributed by atoms with Gasteiger partial charge in [-0.25, -0.2) is 4.79 Å². The Morgan fingerprint density at radius 1 is 1.15 bits per heavy atom. The van der Waals surface area contributed by atoms with Crippen molar-refractivity contribution in [2.45, 2.75) is 44.7 Å². The van der Waals surface area contributed by atoms with Crippen molar-refractivity contribution < 1.29 is 4.79 Å². The van der Waals surface area contributed by atoms with E-state index in [1.807, 2.05) is 47.9 Å². The number of aromatic amines is 1. The van der Waals surface area contributed by atoms with Gasteiger partial charge in [0.05, 0.1) is 17.1 Å². The van der Waals surface area contributed by atoms with Crippen LogP contribution in [0.2, 0.25) is 0 Å². The molecule has 1 amide bonds. The van der Waals surface area contributed by atoms with E-state index in [1.165, 1.54) is 12.8 Å². The third kappa shape index (κ3) is 3.05. The maximum Gasteiger partial charge on any atom is 0.326 e. The van der Waals surface area contributed by atoms with E-state index in [-0.39, 0.29) is 23.7 Å². The van der Waals surface area contributed by atoms with Crippen LogP contribution in [-0.4, -0.2) is 15.5 Å².